The smallest absolute Gasteiger partial charge is 0.227 e. The van der Waals surface area contributed by atoms with E-state index in [1.54, 1.807) is 31.2 Å². The number of sulfone groups is 1. The van der Waals surface area contributed by atoms with Gasteiger partial charge < -0.3 is 9.84 Å². The lowest BCUT2D eigenvalue weighted by Gasteiger charge is -2.05. The number of aryl methyl sites for hydroxylation is 3. The van der Waals surface area contributed by atoms with Crippen LogP contribution in [0.15, 0.2) is 51.9 Å². The molecule has 1 heterocycles. The molecule has 0 aliphatic carbocycles. The average Bonchev–Trinajstić information content (AvgIpc) is 3.10. The third kappa shape index (κ3) is 5.47. The van der Waals surface area contributed by atoms with E-state index < -0.39 is 21.4 Å². The highest BCUT2D eigenvalue weighted by Gasteiger charge is 2.19. The van der Waals surface area contributed by atoms with Crippen molar-refractivity contribution in [1.82, 2.24) is 10.1 Å². The van der Waals surface area contributed by atoms with Crippen LogP contribution in [0, 0.1) is 19.7 Å². The normalized spacial score (nSPS) is 11.4. The summed E-state index contributed by atoms with van der Waals surface area (Å²) in [7, 11) is -3.60. The third-order valence-electron chi connectivity index (χ3n) is 4.23. The van der Waals surface area contributed by atoms with Gasteiger partial charge in [-0.3, -0.25) is 4.79 Å². The largest absolute Gasteiger partial charge is 0.339 e. The number of carbonyl (C=O) groups excluding carboxylic acids is 1. The molecule has 3 aromatic rings. The van der Waals surface area contributed by atoms with Crippen LogP contribution in [0.1, 0.15) is 29.3 Å². The van der Waals surface area contributed by atoms with E-state index in [0.29, 0.717) is 11.3 Å². The number of rotatable bonds is 7. The molecule has 0 radical (unpaired) electrons. The standard InChI is InChI=1S/C20H20FN3O4S/c1-13-3-7-16(8-4-13)29(26,27)12-18-23-20(28-24-18)10-9-19(25)22-15-6-5-14(2)17(21)11-15/h3-8,11H,9-10,12H2,1-2H3,(H,22,25). The molecule has 9 heteroatoms. The molecule has 29 heavy (non-hydrogen) atoms. The molecule has 0 spiro atoms. The fraction of sp³-hybridized carbons (Fsp3) is 0.250. The zero-order valence-electron chi connectivity index (χ0n) is 16.0. The summed E-state index contributed by atoms with van der Waals surface area (Å²) in [4.78, 5) is 16.2. The minimum Gasteiger partial charge on any atom is -0.339 e. The Morgan fingerprint density at radius 2 is 1.86 bits per heavy atom. The van der Waals surface area contributed by atoms with Crippen molar-refractivity contribution in [2.75, 3.05) is 5.32 Å². The molecule has 152 valence electrons. The molecule has 0 unspecified atom stereocenters. The molecular formula is C20H20FN3O4S. The monoisotopic (exact) mass is 417 g/mol. The molecule has 0 bridgehead atoms. The molecule has 2 aromatic carbocycles. The van der Waals surface area contributed by atoms with Gasteiger partial charge in [0.15, 0.2) is 15.7 Å². The van der Waals surface area contributed by atoms with E-state index in [2.05, 4.69) is 15.5 Å². The predicted octanol–water partition coefficient (Wildman–Crippen LogP) is 3.37. The van der Waals surface area contributed by atoms with Gasteiger partial charge in [-0.2, -0.15) is 4.98 Å². The van der Waals surface area contributed by atoms with E-state index in [9.17, 15) is 17.6 Å². The fourth-order valence-electron chi connectivity index (χ4n) is 2.56. The molecule has 0 saturated carbocycles. The number of benzene rings is 2. The second-order valence-electron chi connectivity index (χ2n) is 6.69. The summed E-state index contributed by atoms with van der Waals surface area (Å²) in [5, 5.41) is 6.27. The quantitative estimate of drug-likeness (QED) is 0.632. The zero-order chi connectivity index (χ0) is 21.0. The molecule has 1 N–H and O–H groups in total. The second-order valence-corrected chi connectivity index (χ2v) is 8.68. The number of halogens is 1. The number of amides is 1. The van der Waals surface area contributed by atoms with Gasteiger partial charge in [-0.15, -0.1) is 0 Å². The van der Waals surface area contributed by atoms with Gasteiger partial charge >= 0.3 is 0 Å². The van der Waals surface area contributed by atoms with Gasteiger partial charge in [0.1, 0.15) is 11.6 Å². The summed E-state index contributed by atoms with van der Waals surface area (Å²) in [6.07, 6.45) is 0.166. The first-order valence-corrected chi connectivity index (χ1v) is 10.5. The Labute approximate surface area is 167 Å². The van der Waals surface area contributed by atoms with Gasteiger partial charge in [0.25, 0.3) is 0 Å². The Balaban J connectivity index is 1.56. The summed E-state index contributed by atoms with van der Waals surface area (Å²) in [6, 6.07) is 10.9. The number of nitrogens with zero attached hydrogens (tertiary/aromatic N) is 2. The van der Waals surface area contributed by atoms with Crippen molar-refractivity contribution in [3.63, 3.8) is 0 Å². The van der Waals surface area contributed by atoms with Crippen molar-refractivity contribution < 1.29 is 22.1 Å². The van der Waals surface area contributed by atoms with E-state index in [4.69, 9.17) is 4.52 Å². The maximum atomic E-state index is 13.5. The van der Waals surface area contributed by atoms with Crippen molar-refractivity contribution in [3.05, 3.63) is 71.1 Å². The highest BCUT2D eigenvalue weighted by atomic mass is 32.2. The molecule has 0 saturated heterocycles. The van der Waals surface area contributed by atoms with Crippen LogP contribution >= 0.6 is 0 Å². The molecular weight excluding hydrogens is 397 g/mol. The summed E-state index contributed by atoms with van der Waals surface area (Å²) < 4.78 is 43.4. The Kier molecular flexibility index (Phi) is 6.07. The van der Waals surface area contributed by atoms with Crippen molar-refractivity contribution in [2.24, 2.45) is 0 Å². The summed E-state index contributed by atoms with van der Waals surface area (Å²) in [5.41, 5.74) is 1.80. The summed E-state index contributed by atoms with van der Waals surface area (Å²) in [5.74, 6) is -0.959. The van der Waals surface area contributed by atoms with Crippen LogP contribution in [-0.4, -0.2) is 24.5 Å². The van der Waals surface area contributed by atoms with Crippen molar-refractivity contribution in [3.8, 4) is 0 Å². The molecule has 1 aromatic heterocycles. The maximum absolute atomic E-state index is 13.5. The van der Waals surface area contributed by atoms with E-state index >= 15 is 0 Å². The van der Waals surface area contributed by atoms with Crippen LogP contribution < -0.4 is 5.32 Å². The molecule has 0 aliphatic rings. The zero-order valence-corrected chi connectivity index (χ0v) is 16.8. The van der Waals surface area contributed by atoms with Crippen LogP contribution in [-0.2, 0) is 26.8 Å². The highest BCUT2D eigenvalue weighted by molar-refractivity contribution is 7.90. The topological polar surface area (TPSA) is 102 Å². The van der Waals surface area contributed by atoms with Gasteiger partial charge in [-0.05, 0) is 43.7 Å². The van der Waals surface area contributed by atoms with E-state index in [1.807, 2.05) is 6.92 Å². The van der Waals surface area contributed by atoms with E-state index in [-0.39, 0.29) is 35.4 Å². The molecule has 0 fully saturated rings. The van der Waals surface area contributed by atoms with Crippen molar-refractivity contribution >= 4 is 21.4 Å². The average molecular weight is 417 g/mol. The number of aromatic nitrogens is 2. The van der Waals surface area contributed by atoms with Crippen molar-refractivity contribution in [1.29, 1.82) is 0 Å². The summed E-state index contributed by atoms with van der Waals surface area (Å²) >= 11 is 0. The second kappa shape index (κ2) is 8.52. The van der Waals surface area contributed by atoms with Crippen molar-refractivity contribution in [2.45, 2.75) is 37.3 Å². The molecule has 1 amide bonds. The third-order valence-corrected chi connectivity index (χ3v) is 5.86. The molecule has 3 rings (SSSR count). The molecule has 0 atom stereocenters. The highest BCUT2D eigenvalue weighted by Crippen LogP contribution is 2.17. The first-order valence-electron chi connectivity index (χ1n) is 8.90. The minimum absolute atomic E-state index is 0.0292. The minimum atomic E-state index is -3.60. The molecule has 0 aliphatic heterocycles. The molecule has 7 nitrogen and oxygen atoms in total. The van der Waals surface area contributed by atoms with Crippen LogP contribution in [0.3, 0.4) is 0 Å². The Hall–Kier alpha value is -3.07. The van der Waals surface area contributed by atoms with Gasteiger partial charge in [-0.1, -0.05) is 28.9 Å². The number of nitrogens with one attached hydrogen (secondary N) is 1. The predicted molar refractivity (Wildman–Crippen MR) is 104 cm³/mol. The fourth-order valence-corrected chi connectivity index (χ4v) is 3.74. The Bertz CT molecular complexity index is 1120. The first kappa shape index (κ1) is 20.7. The van der Waals surface area contributed by atoms with Crippen LogP contribution in [0.25, 0.3) is 0 Å². The van der Waals surface area contributed by atoms with Crippen LogP contribution in [0.4, 0.5) is 10.1 Å². The van der Waals surface area contributed by atoms with Gasteiger partial charge in [0, 0.05) is 18.5 Å². The van der Waals surface area contributed by atoms with Crippen LogP contribution in [0.5, 0.6) is 0 Å². The maximum Gasteiger partial charge on any atom is 0.227 e. The number of hydrogen-bond donors (Lipinski definition) is 1. The first-order chi connectivity index (χ1) is 13.7. The number of hydrogen-bond acceptors (Lipinski definition) is 6. The SMILES string of the molecule is Cc1ccc(S(=O)(=O)Cc2noc(CCC(=O)Nc3ccc(C)c(F)c3)n2)cc1. The summed E-state index contributed by atoms with van der Waals surface area (Å²) in [6.45, 7) is 3.50. The van der Waals surface area contributed by atoms with Crippen LogP contribution in [0.2, 0.25) is 0 Å². The van der Waals surface area contributed by atoms with Gasteiger partial charge in [-0.25, -0.2) is 12.8 Å². The lowest BCUT2D eigenvalue weighted by atomic mass is 10.2. The Morgan fingerprint density at radius 3 is 2.55 bits per heavy atom. The van der Waals surface area contributed by atoms with Gasteiger partial charge in [0.2, 0.25) is 11.8 Å². The lowest BCUT2D eigenvalue weighted by Crippen LogP contribution is -2.12. The number of anilines is 1. The Morgan fingerprint density at radius 1 is 1.14 bits per heavy atom. The lowest BCUT2D eigenvalue weighted by molar-refractivity contribution is -0.116. The van der Waals surface area contributed by atoms with Gasteiger partial charge in [0.05, 0.1) is 4.90 Å². The number of carbonyl (C=O) groups is 1. The van der Waals surface area contributed by atoms with E-state index in [1.165, 1.54) is 18.2 Å². The van der Waals surface area contributed by atoms with E-state index in [0.717, 1.165) is 5.56 Å².